The van der Waals surface area contributed by atoms with E-state index in [1.54, 1.807) is 11.3 Å². The molecule has 1 saturated carbocycles. The van der Waals surface area contributed by atoms with E-state index in [2.05, 4.69) is 5.32 Å². The van der Waals surface area contributed by atoms with Gasteiger partial charge in [0.25, 0.3) is 0 Å². The lowest BCUT2D eigenvalue weighted by Crippen LogP contribution is -2.24. The monoisotopic (exact) mass is 209 g/mol. The predicted molar refractivity (Wildman–Crippen MR) is 59.0 cm³/mol. The minimum absolute atomic E-state index is 0.226. The molecule has 14 heavy (non-hydrogen) atoms. The van der Waals surface area contributed by atoms with Crippen LogP contribution in [-0.2, 0) is 0 Å². The normalized spacial score (nSPS) is 15.8. The summed E-state index contributed by atoms with van der Waals surface area (Å²) >= 11 is 1.58. The van der Waals surface area contributed by atoms with E-state index < -0.39 is 0 Å². The van der Waals surface area contributed by atoms with Crippen LogP contribution in [0.4, 0.5) is 0 Å². The van der Waals surface area contributed by atoms with Gasteiger partial charge in [0, 0.05) is 4.88 Å². The van der Waals surface area contributed by atoms with Gasteiger partial charge in [-0.05, 0) is 44.4 Å². The van der Waals surface area contributed by atoms with Gasteiger partial charge >= 0.3 is 0 Å². The Bertz CT molecular complexity index is 328. The number of aryl methyl sites for hydroxylation is 1. The molecular weight excluding hydrogens is 194 g/mol. The molecule has 0 atom stereocenters. The zero-order valence-electron chi connectivity index (χ0n) is 8.38. The van der Waals surface area contributed by atoms with Crippen molar-refractivity contribution in [1.82, 2.24) is 5.32 Å². The zero-order chi connectivity index (χ0) is 9.97. The fraction of sp³-hybridized carbons (Fsp3) is 0.545. The second-order valence-electron chi connectivity index (χ2n) is 3.91. The summed E-state index contributed by atoms with van der Waals surface area (Å²) in [5, 5.41) is 3.21. The van der Waals surface area contributed by atoms with Gasteiger partial charge in [0.1, 0.15) is 0 Å². The summed E-state index contributed by atoms with van der Waals surface area (Å²) < 4.78 is 0. The number of carbonyl (C=O) groups is 1. The molecule has 0 aliphatic heterocycles. The van der Waals surface area contributed by atoms with Crippen molar-refractivity contribution in [3.05, 3.63) is 21.9 Å². The molecular formula is C11H15NOS. The van der Waals surface area contributed by atoms with Crippen molar-refractivity contribution in [2.24, 2.45) is 5.92 Å². The van der Waals surface area contributed by atoms with Crippen LogP contribution in [0.3, 0.4) is 0 Å². The quantitative estimate of drug-likeness (QED) is 0.753. The lowest BCUT2D eigenvalue weighted by molar-refractivity contribution is 0.0995. The van der Waals surface area contributed by atoms with Crippen LogP contribution in [-0.4, -0.2) is 18.9 Å². The van der Waals surface area contributed by atoms with Crippen LogP contribution in [0.2, 0.25) is 0 Å². The molecule has 2 rings (SSSR count). The first kappa shape index (κ1) is 9.87. The lowest BCUT2D eigenvalue weighted by atomic mass is 10.3. The van der Waals surface area contributed by atoms with Gasteiger partial charge in [-0.25, -0.2) is 0 Å². The van der Waals surface area contributed by atoms with E-state index in [4.69, 9.17) is 0 Å². The Morgan fingerprint density at radius 2 is 2.36 bits per heavy atom. The Morgan fingerprint density at radius 3 is 2.93 bits per heavy atom. The molecule has 1 aromatic rings. The summed E-state index contributed by atoms with van der Waals surface area (Å²) in [6.07, 6.45) is 2.67. The molecule has 1 heterocycles. The molecule has 3 heteroatoms. The van der Waals surface area contributed by atoms with Crippen LogP contribution >= 0.6 is 11.3 Å². The maximum Gasteiger partial charge on any atom is 0.186 e. The SMILES string of the molecule is Cc1ccc(C(=O)CNCC2CC2)s1. The zero-order valence-corrected chi connectivity index (χ0v) is 9.19. The molecule has 1 N–H and O–H groups in total. The summed E-state index contributed by atoms with van der Waals surface area (Å²) in [5.41, 5.74) is 0. The van der Waals surface area contributed by atoms with Crippen LogP contribution in [0.25, 0.3) is 0 Å². The molecule has 1 fully saturated rings. The summed E-state index contributed by atoms with van der Waals surface area (Å²) in [5.74, 6) is 1.07. The number of hydrogen-bond donors (Lipinski definition) is 1. The Morgan fingerprint density at radius 1 is 1.57 bits per heavy atom. The minimum Gasteiger partial charge on any atom is -0.309 e. The average molecular weight is 209 g/mol. The standard InChI is InChI=1S/C11H15NOS/c1-8-2-5-11(14-8)10(13)7-12-6-9-3-4-9/h2,5,9,12H,3-4,6-7H2,1H3. The smallest absolute Gasteiger partial charge is 0.186 e. The highest BCUT2D eigenvalue weighted by atomic mass is 32.1. The predicted octanol–water partition coefficient (Wildman–Crippen LogP) is 2.24. The van der Waals surface area contributed by atoms with Gasteiger partial charge in [0.2, 0.25) is 0 Å². The van der Waals surface area contributed by atoms with Crippen LogP contribution in [0.1, 0.15) is 27.4 Å². The van der Waals surface area contributed by atoms with Crippen molar-refractivity contribution in [2.45, 2.75) is 19.8 Å². The molecule has 1 aromatic heterocycles. The van der Waals surface area contributed by atoms with Crippen LogP contribution in [0.15, 0.2) is 12.1 Å². The number of thiophene rings is 1. The molecule has 0 bridgehead atoms. The average Bonchev–Trinajstić information content (AvgIpc) is 2.87. The summed E-state index contributed by atoms with van der Waals surface area (Å²) in [7, 11) is 0. The fourth-order valence-electron chi connectivity index (χ4n) is 1.38. The summed E-state index contributed by atoms with van der Waals surface area (Å²) in [6.45, 7) is 3.53. The first-order valence-electron chi connectivity index (χ1n) is 5.06. The van der Waals surface area contributed by atoms with E-state index in [0.29, 0.717) is 6.54 Å². The highest BCUT2D eigenvalue weighted by Gasteiger charge is 2.20. The molecule has 0 spiro atoms. The first-order valence-corrected chi connectivity index (χ1v) is 5.87. The molecule has 0 amide bonds. The third kappa shape index (κ3) is 2.66. The van der Waals surface area contributed by atoms with Crippen molar-refractivity contribution in [3.63, 3.8) is 0 Å². The summed E-state index contributed by atoms with van der Waals surface area (Å²) in [6, 6.07) is 3.92. The number of carbonyl (C=O) groups excluding carboxylic acids is 1. The minimum atomic E-state index is 0.226. The van der Waals surface area contributed by atoms with E-state index in [0.717, 1.165) is 17.3 Å². The number of ketones is 1. The molecule has 1 aliphatic rings. The second kappa shape index (κ2) is 4.24. The van der Waals surface area contributed by atoms with E-state index in [1.807, 2.05) is 19.1 Å². The maximum absolute atomic E-state index is 11.6. The van der Waals surface area contributed by atoms with Crippen molar-refractivity contribution in [1.29, 1.82) is 0 Å². The number of Topliss-reactive ketones (excluding diaryl/α,β-unsaturated/α-hetero) is 1. The van der Waals surface area contributed by atoms with Crippen molar-refractivity contribution in [3.8, 4) is 0 Å². The third-order valence-electron chi connectivity index (χ3n) is 2.43. The Hall–Kier alpha value is -0.670. The van der Waals surface area contributed by atoms with Crippen LogP contribution < -0.4 is 5.32 Å². The van der Waals surface area contributed by atoms with Gasteiger partial charge in [-0.1, -0.05) is 0 Å². The third-order valence-corrected chi connectivity index (χ3v) is 3.47. The van der Waals surface area contributed by atoms with Gasteiger partial charge in [-0.2, -0.15) is 0 Å². The summed E-state index contributed by atoms with van der Waals surface area (Å²) in [4.78, 5) is 13.7. The van der Waals surface area contributed by atoms with Gasteiger partial charge in [-0.15, -0.1) is 11.3 Å². The van der Waals surface area contributed by atoms with Crippen molar-refractivity contribution < 1.29 is 4.79 Å². The van der Waals surface area contributed by atoms with Gasteiger partial charge in [0.15, 0.2) is 5.78 Å². The van der Waals surface area contributed by atoms with E-state index in [-0.39, 0.29) is 5.78 Å². The molecule has 0 saturated heterocycles. The van der Waals surface area contributed by atoms with Crippen molar-refractivity contribution in [2.75, 3.05) is 13.1 Å². The Labute approximate surface area is 88.3 Å². The van der Waals surface area contributed by atoms with E-state index >= 15 is 0 Å². The Kier molecular flexibility index (Phi) is 2.99. The van der Waals surface area contributed by atoms with Crippen LogP contribution in [0, 0.1) is 12.8 Å². The van der Waals surface area contributed by atoms with E-state index in [9.17, 15) is 4.79 Å². The molecule has 0 unspecified atom stereocenters. The maximum atomic E-state index is 11.6. The van der Waals surface area contributed by atoms with Gasteiger partial charge in [0.05, 0.1) is 11.4 Å². The van der Waals surface area contributed by atoms with Crippen LogP contribution in [0.5, 0.6) is 0 Å². The highest BCUT2D eigenvalue weighted by Crippen LogP contribution is 2.27. The second-order valence-corrected chi connectivity index (χ2v) is 5.20. The highest BCUT2D eigenvalue weighted by molar-refractivity contribution is 7.14. The molecule has 1 aliphatic carbocycles. The first-order chi connectivity index (χ1) is 6.75. The fourth-order valence-corrected chi connectivity index (χ4v) is 2.19. The topological polar surface area (TPSA) is 29.1 Å². The lowest BCUT2D eigenvalue weighted by Gasteiger charge is -2.00. The number of hydrogen-bond acceptors (Lipinski definition) is 3. The molecule has 2 nitrogen and oxygen atoms in total. The van der Waals surface area contributed by atoms with Gasteiger partial charge in [-0.3, -0.25) is 4.79 Å². The van der Waals surface area contributed by atoms with Gasteiger partial charge < -0.3 is 5.32 Å². The molecule has 0 aromatic carbocycles. The molecule has 76 valence electrons. The van der Waals surface area contributed by atoms with E-state index in [1.165, 1.54) is 17.7 Å². The largest absolute Gasteiger partial charge is 0.309 e. The number of rotatable bonds is 5. The Balaban J connectivity index is 1.76. The molecule has 0 radical (unpaired) electrons. The number of nitrogens with one attached hydrogen (secondary N) is 1. The van der Waals surface area contributed by atoms with Crippen molar-refractivity contribution >= 4 is 17.1 Å².